The molecular formula is C27H29ClN2O2. The zero-order valence-corrected chi connectivity index (χ0v) is 19.4. The molecule has 5 heteroatoms. The van der Waals surface area contributed by atoms with Gasteiger partial charge in [-0.25, -0.2) is 0 Å². The van der Waals surface area contributed by atoms with Crippen molar-refractivity contribution in [3.63, 3.8) is 0 Å². The zero-order valence-electron chi connectivity index (χ0n) is 18.6. The van der Waals surface area contributed by atoms with Gasteiger partial charge in [-0.3, -0.25) is 9.80 Å². The minimum absolute atomic E-state index is 0.00853. The van der Waals surface area contributed by atoms with Gasteiger partial charge in [0.05, 0.1) is 6.04 Å². The Morgan fingerprint density at radius 2 is 1.62 bits per heavy atom. The smallest absolute Gasteiger partial charge is 0.231 e. The van der Waals surface area contributed by atoms with Crippen molar-refractivity contribution in [2.45, 2.75) is 24.9 Å². The summed E-state index contributed by atoms with van der Waals surface area (Å²) in [5.41, 5.74) is 3.85. The van der Waals surface area contributed by atoms with Crippen LogP contribution >= 0.6 is 11.6 Å². The fraction of sp³-hybridized carbons (Fsp3) is 0.333. The van der Waals surface area contributed by atoms with Crippen LogP contribution in [0.4, 0.5) is 0 Å². The maximum atomic E-state index is 6.20. The first kappa shape index (κ1) is 21.3. The van der Waals surface area contributed by atoms with Crippen LogP contribution in [-0.2, 0) is 6.42 Å². The minimum Gasteiger partial charge on any atom is -0.454 e. The summed E-state index contributed by atoms with van der Waals surface area (Å²) in [6, 6.07) is 25.6. The molecule has 2 aliphatic rings. The lowest BCUT2D eigenvalue weighted by molar-refractivity contribution is 0.0133. The standard InChI is InChI=1S/C27H29ClN2O2/c1-27(17-20-8-13-24-25(16-20)32-19-31-24)18-30(15-14-29(27)2)26(21-6-4-3-5-7-21)22-9-11-23(28)12-10-22/h3-13,16,26H,14-15,17-19H2,1-2H3. The van der Waals surface area contributed by atoms with Crippen molar-refractivity contribution in [3.8, 4) is 11.5 Å². The highest BCUT2D eigenvalue weighted by Crippen LogP contribution is 2.37. The molecule has 0 radical (unpaired) electrons. The first-order valence-corrected chi connectivity index (χ1v) is 11.5. The second-order valence-corrected chi connectivity index (χ2v) is 9.55. The second-order valence-electron chi connectivity index (χ2n) is 9.12. The van der Waals surface area contributed by atoms with E-state index in [0.717, 1.165) is 42.6 Å². The largest absolute Gasteiger partial charge is 0.454 e. The lowest BCUT2D eigenvalue weighted by atomic mass is 9.86. The number of ether oxygens (including phenoxy) is 2. The average molecular weight is 449 g/mol. The highest BCUT2D eigenvalue weighted by molar-refractivity contribution is 6.30. The Balaban J connectivity index is 1.45. The molecule has 2 aliphatic heterocycles. The van der Waals surface area contributed by atoms with E-state index in [2.05, 4.69) is 78.4 Å². The molecule has 0 amide bonds. The number of piperazine rings is 1. The molecule has 0 spiro atoms. The molecule has 5 rings (SSSR count). The molecule has 1 fully saturated rings. The third-order valence-electron chi connectivity index (χ3n) is 6.88. The number of likely N-dealkylation sites (N-methyl/N-ethyl adjacent to an activating group) is 1. The van der Waals surface area contributed by atoms with Crippen LogP contribution in [0.15, 0.2) is 72.8 Å². The maximum Gasteiger partial charge on any atom is 0.231 e. The van der Waals surface area contributed by atoms with E-state index in [4.69, 9.17) is 21.1 Å². The Bertz CT molecular complexity index is 1070. The van der Waals surface area contributed by atoms with Gasteiger partial charge in [-0.15, -0.1) is 0 Å². The molecule has 2 atom stereocenters. The van der Waals surface area contributed by atoms with Crippen LogP contribution in [0.3, 0.4) is 0 Å². The van der Waals surface area contributed by atoms with E-state index in [-0.39, 0.29) is 11.6 Å². The van der Waals surface area contributed by atoms with Gasteiger partial charge in [0.1, 0.15) is 0 Å². The molecule has 0 bridgehead atoms. The summed E-state index contributed by atoms with van der Waals surface area (Å²) in [5, 5.41) is 0.770. The van der Waals surface area contributed by atoms with Crippen LogP contribution in [0, 0.1) is 0 Å². The highest BCUT2D eigenvalue weighted by atomic mass is 35.5. The predicted molar refractivity (Wildman–Crippen MR) is 129 cm³/mol. The quantitative estimate of drug-likeness (QED) is 0.521. The van der Waals surface area contributed by atoms with E-state index < -0.39 is 0 Å². The van der Waals surface area contributed by atoms with Crippen LogP contribution in [0.2, 0.25) is 5.02 Å². The molecule has 166 valence electrons. The molecule has 3 aromatic carbocycles. The van der Waals surface area contributed by atoms with Gasteiger partial charge in [0.15, 0.2) is 11.5 Å². The number of hydrogen-bond acceptors (Lipinski definition) is 4. The van der Waals surface area contributed by atoms with E-state index in [1.165, 1.54) is 16.7 Å². The Morgan fingerprint density at radius 1 is 0.906 bits per heavy atom. The summed E-state index contributed by atoms with van der Waals surface area (Å²) >= 11 is 6.20. The number of nitrogens with zero attached hydrogens (tertiary/aromatic N) is 2. The summed E-state index contributed by atoms with van der Waals surface area (Å²) in [4.78, 5) is 5.11. The van der Waals surface area contributed by atoms with E-state index in [1.807, 2.05) is 18.2 Å². The SMILES string of the molecule is CN1CCN(C(c2ccccc2)c2ccc(Cl)cc2)CC1(C)Cc1ccc2c(c1)OCO2. The van der Waals surface area contributed by atoms with Crippen LogP contribution in [0.5, 0.6) is 11.5 Å². The maximum absolute atomic E-state index is 6.20. The van der Waals surface area contributed by atoms with Crippen LogP contribution in [-0.4, -0.2) is 48.8 Å². The molecule has 3 aromatic rings. The monoisotopic (exact) mass is 448 g/mol. The predicted octanol–water partition coefficient (Wildman–Crippen LogP) is 5.41. The second kappa shape index (κ2) is 8.78. The summed E-state index contributed by atoms with van der Waals surface area (Å²) in [6.45, 7) is 5.66. The van der Waals surface area contributed by atoms with Crippen LogP contribution < -0.4 is 9.47 Å². The third kappa shape index (κ3) is 4.23. The van der Waals surface area contributed by atoms with E-state index in [1.54, 1.807) is 0 Å². The molecule has 0 N–H and O–H groups in total. The zero-order chi connectivity index (χ0) is 22.1. The number of fused-ring (bicyclic) bond motifs is 1. The van der Waals surface area contributed by atoms with Crippen molar-refractivity contribution in [3.05, 3.63) is 94.5 Å². The highest BCUT2D eigenvalue weighted by Gasteiger charge is 2.39. The van der Waals surface area contributed by atoms with E-state index in [9.17, 15) is 0 Å². The molecular weight excluding hydrogens is 420 g/mol. The first-order chi connectivity index (χ1) is 15.5. The molecule has 0 aliphatic carbocycles. The van der Waals surface area contributed by atoms with Gasteiger partial charge in [-0.05, 0) is 61.3 Å². The molecule has 32 heavy (non-hydrogen) atoms. The van der Waals surface area contributed by atoms with Crippen molar-refractivity contribution in [1.82, 2.24) is 9.80 Å². The topological polar surface area (TPSA) is 24.9 Å². The fourth-order valence-corrected chi connectivity index (χ4v) is 5.11. The summed E-state index contributed by atoms with van der Waals surface area (Å²) < 4.78 is 11.1. The molecule has 0 saturated carbocycles. The van der Waals surface area contributed by atoms with Crippen LogP contribution in [0.1, 0.15) is 29.7 Å². The van der Waals surface area contributed by atoms with Gasteiger partial charge >= 0.3 is 0 Å². The normalized spacial score (nSPS) is 22.1. The van der Waals surface area contributed by atoms with Crippen molar-refractivity contribution in [2.24, 2.45) is 0 Å². The minimum atomic E-state index is -0.00853. The summed E-state index contributed by atoms with van der Waals surface area (Å²) in [6.07, 6.45) is 0.943. The number of hydrogen-bond donors (Lipinski definition) is 0. The molecule has 2 heterocycles. The molecule has 4 nitrogen and oxygen atoms in total. The van der Waals surface area contributed by atoms with Gasteiger partial charge in [-0.1, -0.05) is 60.1 Å². The van der Waals surface area contributed by atoms with Gasteiger partial charge in [0.25, 0.3) is 0 Å². The average Bonchev–Trinajstić information content (AvgIpc) is 3.26. The lowest BCUT2D eigenvalue weighted by Crippen LogP contribution is -2.60. The van der Waals surface area contributed by atoms with Gasteiger partial charge in [0, 0.05) is 30.2 Å². The van der Waals surface area contributed by atoms with E-state index in [0.29, 0.717) is 6.79 Å². The van der Waals surface area contributed by atoms with Crippen molar-refractivity contribution < 1.29 is 9.47 Å². The molecule has 2 unspecified atom stereocenters. The Morgan fingerprint density at radius 3 is 2.41 bits per heavy atom. The molecule has 1 saturated heterocycles. The first-order valence-electron chi connectivity index (χ1n) is 11.2. The van der Waals surface area contributed by atoms with Crippen molar-refractivity contribution in [2.75, 3.05) is 33.5 Å². The van der Waals surface area contributed by atoms with Gasteiger partial charge in [-0.2, -0.15) is 0 Å². The molecule has 0 aromatic heterocycles. The number of halogens is 1. The van der Waals surface area contributed by atoms with Gasteiger partial charge in [0.2, 0.25) is 6.79 Å². The fourth-order valence-electron chi connectivity index (χ4n) is 4.98. The Kier molecular flexibility index (Phi) is 5.85. The number of rotatable bonds is 5. The van der Waals surface area contributed by atoms with E-state index >= 15 is 0 Å². The van der Waals surface area contributed by atoms with Crippen LogP contribution in [0.25, 0.3) is 0 Å². The summed E-state index contributed by atoms with van der Waals surface area (Å²) in [5.74, 6) is 1.69. The lowest BCUT2D eigenvalue weighted by Gasteiger charge is -2.50. The Hall–Kier alpha value is -2.53. The van der Waals surface area contributed by atoms with Gasteiger partial charge < -0.3 is 9.47 Å². The summed E-state index contributed by atoms with van der Waals surface area (Å²) in [7, 11) is 2.24. The van der Waals surface area contributed by atoms with Crippen molar-refractivity contribution >= 4 is 11.6 Å². The number of benzene rings is 3. The Labute approximate surface area is 195 Å². The van der Waals surface area contributed by atoms with Crippen molar-refractivity contribution in [1.29, 1.82) is 0 Å². The third-order valence-corrected chi connectivity index (χ3v) is 7.13.